The van der Waals surface area contributed by atoms with Crippen LogP contribution in [0.25, 0.3) is 0 Å². The summed E-state index contributed by atoms with van der Waals surface area (Å²) in [6.45, 7) is 8.17. The molecule has 0 bridgehead atoms. The molecule has 0 aromatic heterocycles. The Morgan fingerprint density at radius 2 is 1.70 bits per heavy atom. The molecule has 2 aromatic rings. The third-order valence-electron chi connectivity index (χ3n) is 7.35. The Labute approximate surface area is 212 Å². The van der Waals surface area contributed by atoms with E-state index in [9.17, 15) is 27.2 Å². The lowest BCUT2D eigenvalue weighted by atomic mass is 9.68. The number of anilines is 2. The molecule has 2 fully saturated rings. The van der Waals surface area contributed by atoms with Gasteiger partial charge in [-0.2, -0.15) is 18.4 Å². The van der Waals surface area contributed by atoms with Gasteiger partial charge >= 0.3 is 6.18 Å². The predicted octanol–water partition coefficient (Wildman–Crippen LogP) is 5.74. The van der Waals surface area contributed by atoms with Gasteiger partial charge in [0.15, 0.2) is 0 Å². The van der Waals surface area contributed by atoms with Gasteiger partial charge in [0.25, 0.3) is 11.8 Å². The van der Waals surface area contributed by atoms with Crippen LogP contribution in [0.1, 0.15) is 61.0 Å². The molecule has 194 valence electrons. The largest absolute Gasteiger partial charge is 0.417 e. The molecule has 1 spiro atoms. The summed E-state index contributed by atoms with van der Waals surface area (Å²) in [5.74, 6) is -1.83. The fraction of sp³-hybridized carbons (Fsp3) is 0.370. The van der Waals surface area contributed by atoms with Crippen molar-refractivity contribution < 1.29 is 27.2 Å². The van der Waals surface area contributed by atoms with Crippen LogP contribution in [0.4, 0.5) is 28.9 Å². The lowest BCUT2D eigenvalue weighted by Crippen LogP contribution is -2.52. The van der Waals surface area contributed by atoms with Crippen LogP contribution in [-0.2, 0) is 11.0 Å². The Morgan fingerprint density at radius 3 is 2.24 bits per heavy atom. The number of hydrogen-bond donors (Lipinski definition) is 1. The number of amides is 2. The van der Waals surface area contributed by atoms with Crippen LogP contribution >= 0.6 is 0 Å². The molecule has 1 aliphatic carbocycles. The molecule has 2 aliphatic rings. The molecule has 10 heteroatoms. The second kappa shape index (κ2) is 8.91. The molecule has 0 atom stereocenters. The first-order chi connectivity index (χ1) is 17.3. The lowest BCUT2D eigenvalue weighted by Gasteiger charge is -2.44. The van der Waals surface area contributed by atoms with Gasteiger partial charge in [0.05, 0.1) is 28.4 Å². The van der Waals surface area contributed by atoms with Crippen LogP contribution in [0.3, 0.4) is 0 Å². The van der Waals surface area contributed by atoms with Crippen molar-refractivity contribution in [1.82, 2.24) is 5.32 Å². The molecule has 1 heterocycles. The summed E-state index contributed by atoms with van der Waals surface area (Å²) >= 11 is 0. The molecule has 1 saturated carbocycles. The topological polar surface area (TPSA) is 76.4 Å². The van der Waals surface area contributed by atoms with E-state index in [1.807, 2.05) is 0 Å². The van der Waals surface area contributed by atoms with E-state index in [1.165, 1.54) is 31.3 Å². The zero-order valence-corrected chi connectivity index (χ0v) is 20.7. The first kappa shape index (κ1) is 26.2. The highest BCUT2D eigenvalue weighted by atomic mass is 19.4. The monoisotopic (exact) mass is 514 g/mol. The first-order valence-corrected chi connectivity index (χ1v) is 11.7. The van der Waals surface area contributed by atoms with Crippen molar-refractivity contribution in [2.24, 2.45) is 5.41 Å². The van der Waals surface area contributed by atoms with Crippen molar-refractivity contribution in [3.8, 4) is 6.07 Å². The minimum Gasteiger partial charge on any atom is -0.355 e. The second-order valence-corrected chi connectivity index (χ2v) is 10.2. The van der Waals surface area contributed by atoms with Gasteiger partial charge in [-0.3, -0.25) is 14.5 Å². The number of rotatable bonds is 3. The van der Waals surface area contributed by atoms with Crippen molar-refractivity contribution in [3.05, 3.63) is 71.3 Å². The molecular formula is C27H26F4N4O2. The van der Waals surface area contributed by atoms with Gasteiger partial charge < -0.3 is 10.2 Å². The summed E-state index contributed by atoms with van der Waals surface area (Å²) in [6, 6.07) is 8.53. The van der Waals surface area contributed by atoms with E-state index in [4.69, 9.17) is 5.26 Å². The average Bonchev–Trinajstić information content (AvgIpc) is 3.05. The van der Waals surface area contributed by atoms with Crippen LogP contribution in [-0.4, -0.2) is 24.4 Å². The molecule has 1 aliphatic heterocycles. The summed E-state index contributed by atoms with van der Waals surface area (Å²) in [4.78, 5) is 28.7. The lowest BCUT2D eigenvalue weighted by molar-refractivity contribution is -0.137. The van der Waals surface area contributed by atoms with Crippen molar-refractivity contribution in [2.45, 2.75) is 51.2 Å². The van der Waals surface area contributed by atoms with Crippen LogP contribution in [0.15, 0.2) is 48.8 Å². The van der Waals surface area contributed by atoms with E-state index >= 15 is 0 Å². The quantitative estimate of drug-likeness (QED) is 0.530. The number of nitrogens with one attached hydrogen (secondary N) is 1. The minimum atomic E-state index is -4.81. The highest BCUT2D eigenvalue weighted by molar-refractivity contribution is 6.10. The molecule has 4 rings (SSSR count). The predicted molar refractivity (Wildman–Crippen MR) is 130 cm³/mol. The summed E-state index contributed by atoms with van der Waals surface area (Å²) in [6.07, 6.45) is -2.77. The fourth-order valence-corrected chi connectivity index (χ4v) is 5.17. The molecule has 2 amide bonds. The number of halogens is 4. The van der Waals surface area contributed by atoms with Crippen molar-refractivity contribution in [2.75, 3.05) is 16.8 Å². The van der Waals surface area contributed by atoms with Crippen LogP contribution in [0.2, 0.25) is 0 Å². The number of carbonyl (C=O) groups excluding carboxylic acids is 2. The van der Waals surface area contributed by atoms with E-state index in [-0.39, 0.29) is 28.2 Å². The van der Waals surface area contributed by atoms with Gasteiger partial charge in [0.2, 0.25) is 0 Å². The van der Waals surface area contributed by atoms with E-state index in [0.29, 0.717) is 25.7 Å². The Hall–Kier alpha value is -3.87. The fourth-order valence-electron chi connectivity index (χ4n) is 5.17. The zero-order valence-electron chi connectivity index (χ0n) is 20.7. The standard InChI is InChI=1S/C27H26F4N4O2/c1-16-34(18-6-5-17(15-32)21(13-18)27(29,30)31)24(37)26(11-9-25(2,3)10-12-26)35(16)19-7-8-20(22(28)14-19)23(36)33-4/h5-8,13-14H,1,9-12H2,2-4H3,(H,33,36). The van der Waals surface area contributed by atoms with Gasteiger partial charge in [-0.1, -0.05) is 20.4 Å². The Balaban J connectivity index is 1.86. The average molecular weight is 515 g/mol. The third-order valence-corrected chi connectivity index (χ3v) is 7.35. The van der Waals surface area contributed by atoms with Gasteiger partial charge in [-0.15, -0.1) is 0 Å². The number of hydrogen-bond acceptors (Lipinski definition) is 4. The van der Waals surface area contributed by atoms with Gasteiger partial charge in [-0.25, -0.2) is 4.39 Å². The zero-order chi connectivity index (χ0) is 27.3. The third kappa shape index (κ3) is 4.32. The first-order valence-electron chi connectivity index (χ1n) is 11.7. The number of benzene rings is 2. The van der Waals surface area contributed by atoms with Crippen LogP contribution in [0, 0.1) is 22.6 Å². The van der Waals surface area contributed by atoms with E-state index < -0.39 is 40.5 Å². The number of nitrogens with zero attached hydrogens (tertiary/aromatic N) is 3. The number of alkyl halides is 3. The van der Waals surface area contributed by atoms with E-state index in [0.717, 1.165) is 23.1 Å². The Morgan fingerprint density at radius 1 is 1.08 bits per heavy atom. The summed E-state index contributed by atoms with van der Waals surface area (Å²) in [5, 5.41) is 11.5. The van der Waals surface area contributed by atoms with Crippen molar-refractivity contribution >= 4 is 23.2 Å². The number of carbonyl (C=O) groups is 2. The highest BCUT2D eigenvalue weighted by Crippen LogP contribution is 2.51. The molecular weight excluding hydrogens is 488 g/mol. The second-order valence-electron chi connectivity index (χ2n) is 10.2. The van der Waals surface area contributed by atoms with E-state index in [1.54, 1.807) is 4.90 Å². The normalized spacial score (nSPS) is 18.8. The van der Waals surface area contributed by atoms with Gasteiger partial charge in [-0.05, 0) is 67.5 Å². The molecule has 2 aromatic carbocycles. The highest BCUT2D eigenvalue weighted by Gasteiger charge is 2.57. The number of nitriles is 1. The molecule has 1 N–H and O–H groups in total. The molecule has 0 radical (unpaired) electrons. The summed E-state index contributed by atoms with van der Waals surface area (Å²) in [5.41, 5.74) is -2.98. The van der Waals surface area contributed by atoms with Gasteiger partial charge in [0.1, 0.15) is 17.2 Å². The summed E-state index contributed by atoms with van der Waals surface area (Å²) < 4.78 is 56.0. The Kier molecular flexibility index (Phi) is 6.31. The van der Waals surface area contributed by atoms with Crippen LogP contribution in [0.5, 0.6) is 0 Å². The molecule has 0 unspecified atom stereocenters. The summed E-state index contributed by atoms with van der Waals surface area (Å²) in [7, 11) is 1.38. The van der Waals surface area contributed by atoms with Crippen LogP contribution < -0.4 is 15.1 Å². The molecule has 1 saturated heterocycles. The smallest absolute Gasteiger partial charge is 0.355 e. The minimum absolute atomic E-state index is 0.0574. The maximum atomic E-state index is 15.0. The molecule has 6 nitrogen and oxygen atoms in total. The maximum absolute atomic E-state index is 15.0. The van der Waals surface area contributed by atoms with Crippen molar-refractivity contribution in [3.63, 3.8) is 0 Å². The SMILES string of the molecule is C=C1N(c2ccc(C#N)c(C(F)(F)F)c2)C(=O)C2(CCC(C)(C)CC2)N1c1ccc(C(=O)NC)c(F)c1. The van der Waals surface area contributed by atoms with Crippen molar-refractivity contribution in [1.29, 1.82) is 5.26 Å². The van der Waals surface area contributed by atoms with Gasteiger partial charge in [0, 0.05) is 12.7 Å². The maximum Gasteiger partial charge on any atom is 0.417 e. The van der Waals surface area contributed by atoms with E-state index in [2.05, 4.69) is 25.7 Å². The Bertz CT molecular complexity index is 1330. The molecule has 37 heavy (non-hydrogen) atoms.